The lowest BCUT2D eigenvalue weighted by Crippen LogP contribution is -2.47. The first-order valence-electron chi connectivity index (χ1n) is 5.89. The van der Waals surface area contributed by atoms with Crippen LogP contribution < -0.4 is 5.73 Å². The van der Waals surface area contributed by atoms with Crippen LogP contribution in [0.2, 0.25) is 0 Å². The van der Waals surface area contributed by atoms with Gasteiger partial charge in [-0.2, -0.15) is 13.2 Å². The first-order valence-corrected chi connectivity index (χ1v) is 5.89. The Hall–Kier alpha value is -0.290. The topological polar surface area (TPSA) is 35.2 Å². The van der Waals surface area contributed by atoms with E-state index in [1.807, 2.05) is 0 Å². The molecule has 0 amide bonds. The lowest BCUT2D eigenvalue weighted by molar-refractivity contribution is -0.229. The second-order valence-electron chi connectivity index (χ2n) is 4.52. The number of hydrogen-bond acceptors (Lipinski definition) is 2. The summed E-state index contributed by atoms with van der Waals surface area (Å²) in [7, 11) is 0. The quantitative estimate of drug-likeness (QED) is 0.800. The van der Waals surface area contributed by atoms with E-state index in [2.05, 4.69) is 0 Å². The molecular formula is C11H20F3NO. The van der Waals surface area contributed by atoms with Gasteiger partial charge in [-0.05, 0) is 25.2 Å². The lowest BCUT2D eigenvalue weighted by Gasteiger charge is -2.26. The van der Waals surface area contributed by atoms with Gasteiger partial charge >= 0.3 is 6.18 Å². The molecule has 1 rings (SSSR count). The number of hydrogen-bond donors (Lipinski definition) is 1. The highest BCUT2D eigenvalue weighted by molar-refractivity contribution is 4.80. The SMILES string of the molecule is CCC(N)C(OCC1CCCC1)C(F)(F)F. The molecule has 2 N–H and O–H groups in total. The highest BCUT2D eigenvalue weighted by Gasteiger charge is 2.44. The molecule has 2 nitrogen and oxygen atoms in total. The van der Waals surface area contributed by atoms with Gasteiger partial charge in [-0.3, -0.25) is 0 Å². The minimum absolute atomic E-state index is 0.192. The maximum Gasteiger partial charge on any atom is 0.416 e. The lowest BCUT2D eigenvalue weighted by atomic mass is 10.1. The van der Waals surface area contributed by atoms with Gasteiger partial charge in [0.25, 0.3) is 0 Å². The number of alkyl halides is 3. The summed E-state index contributed by atoms with van der Waals surface area (Å²) in [6, 6.07) is -0.957. The van der Waals surface area contributed by atoms with E-state index in [4.69, 9.17) is 10.5 Å². The van der Waals surface area contributed by atoms with E-state index in [9.17, 15) is 13.2 Å². The van der Waals surface area contributed by atoms with E-state index >= 15 is 0 Å². The molecule has 0 radical (unpaired) electrons. The zero-order valence-electron chi connectivity index (χ0n) is 9.59. The molecule has 1 aliphatic carbocycles. The van der Waals surface area contributed by atoms with Crippen LogP contribution in [0.3, 0.4) is 0 Å². The minimum Gasteiger partial charge on any atom is -0.367 e. The molecule has 2 unspecified atom stereocenters. The second kappa shape index (κ2) is 5.87. The van der Waals surface area contributed by atoms with Crippen molar-refractivity contribution in [2.24, 2.45) is 11.7 Å². The van der Waals surface area contributed by atoms with Crippen molar-refractivity contribution in [1.29, 1.82) is 0 Å². The molecule has 0 saturated heterocycles. The van der Waals surface area contributed by atoms with Gasteiger partial charge in [0, 0.05) is 6.04 Å². The summed E-state index contributed by atoms with van der Waals surface area (Å²) >= 11 is 0. The summed E-state index contributed by atoms with van der Waals surface area (Å²) in [5.41, 5.74) is 5.44. The van der Waals surface area contributed by atoms with Crippen molar-refractivity contribution in [3.05, 3.63) is 0 Å². The summed E-state index contributed by atoms with van der Waals surface area (Å²) in [6.45, 7) is 1.83. The first kappa shape index (κ1) is 13.8. The molecule has 0 spiro atoms. The monoisotopic (exact) mass is 239 g/mol. The fraction of sp³-hybridized carbons (Fsp3) is 1.00. The van der Waals surface area contributed by atoms with Crippen LogP contribution in [0.4, 0.5) is 13.2 Å². The smallest absolute Gasteiger partial charge is 0.367 e. The van der Waals surface area contributed by atoms with Crippen molar-refractivity contribution in [1.82, 2.24) is 0 Å². The van der Waals surface area contributed by atoms with Gasteiger partial charge in [0.2, 0.25) is 0 Å². The van der Waals surface area contributed by atoms with E-state index in [-0.39, 0.29) is 18.9 Å². The Bertz CT molecular complexity index is 202. The van der Waals surface area contributed by atoms with Gasteiger partial charge in [0.1, 0.15) is 0 Å². The zero-order chi connectivity index (χ0) is 12.2. The zero-order valence-corrected chi connectivity index (χ0v) is 9.59. The Morgan fingerprint density at radius 1 is 1.31 bits per heavy atom. The summed E-state index contributed by atoms with van der Waals surface area (Å²) < 4.78 is 42.9. The molecule has 0 aliphatic heterocycles. The van der Waals surface area contributed by atoms with Crippen molar-refractivity contribution in [3.63, 3.8) is 0 Å². The fourth-order valence-electron chi connectivity index (χ4n) is 2.09. The molecule has 0 bridgehead atoms. The maximum atomic E-state index is 12.6. The standard InChI is InChI=1S/C11H20F3NO/c1-2-9(15)10(11(12,13)14)16-7-8-5-3-4-6-8/h8-10H,2-7,15H2,1H3. The van der Waals surface area contributed by atoms with Gasteiger partial charge in [-0.1, -0.05) is 19.8 Å². The molecule has 0 aromatic carbocycles. The Morgan fingerprint density at radius 2 is 1.88 bits per heavy atom. The molecule has 0 aromatic rings. The molecular weight excluding hydrogens is 219 g/mol. The number of halogens is 3. The average molecular weight is 239 g/mol. The van der Waals surface area contributed by atoms with Crippen LogP contribution in [-0.2, 0) is 4.74 Å². The van der Waals surface area contributed by atoms with E-state index in [0.29, 0.717) is 0 Å². The van der Waals surface area contributed by atoms with Crippen molar-refractivity contribution in [3.8, 4) is 0 Å². The predicted octanol–water partition coefficient (Wildman–Crippen LogP) is 2.86. The Labute approximate surface area is 94.3 Å². The van der Waals surface area contributed by atoms with Crippen LogP contribution in [0.5, 0.6) is 0 Å². The van der Waals surface area contributed by atoms with Crippen LogP contribution >= 0.6 is 0 Å². The number of nitrogens with two attached hydrogens (primary N) is 1. The molecule has 2 atom stereocenters. The molecule has 0 aromatic heterocycles. The van der Waals surface area contributed by atoms with Gasteiger partial charge in [0.15, 0.2) is 6.10 Å². The van der Waals surface area contributed by atoms with E-state index in [1.165, 1.54) is 0 Å². The van der Waals surface area contributed by atoms with E-state index < -0.39 is 18.3 Å². The van der Waals surface area contributed by atoms with Crippen molar-refractivity contribution in [2.75, 3.05) is 6.61 Å². The van der Waals surface area contributed by atoms with Gasteiger partial charge in [-0.25, -0.2) is 0 Å². The normalized spacial score (nSPS) is 22.3. The summed E-state index contributed by atoms with van der Waals surface area (Å²) in [5, 5.41) is 0. The highest BCUT2D eigenvalue weighted by Crippen LogP contribution is 2.29. The van der Waals surface area contributed by atoms with Gasteiger partial charge in [-0.15, -0.1) is 0 Å². The summed E-state index contributed by atoms with van der Waals surface area (Å²) in [6.07, 6.45) is -1.73. The molecule has 16 heavy (non-hydrogen) atoms. The molecule has 1 saturated carbocycles. The highest BCUT2D eigenvalue weighted by atomic mass is 19.4. The fourth-order valence-corrected chi connectivity index (χ4v) is 2.09. The minimum atomic E-state index is -4.35. The molecule has 96 valence electrons. The Kier molecular flexibility index (Phi) is 5.05. The summed E-state index contributed by atoms with van der Waals surface area (Å²) in [4.78, 5) is 0. The van der Waals surface area contributed by atoms with Crippen molar-refractivity contribution >= 4 is 0 Å². The summed E-state index contributed by atoms with van der Waals surface area (Å²) in [5.74, 6) is 0.286. The van der Waals surface area contributed by atoms with Crippen molar-refractivity contribution < 1.29 is 17.9 Å². The van der Waals surface area contributed by atoms with E-state index in [0.717, 1.165) is 25.7 Å². The van der Waals surface area contributed by atoms with Gasteiger partial charge in [0.05, 0.1) is 6.61 Å². The van der Waals surface area contributed by atoms with Crippen LogP contribution in [0.25, 0.3) is 0 Å². The largest absolute Gasteiger partial charge is 0.416 e. The van der Waals surface area contributed by atoms with Gasteiger partial charge < -0.3 is 10.5 Å². The maximum absolute atomic E-state index is 12.6. The molecule has 1 fully saturated rings. The second-order valence-corrected chi connectivity index (χ2v) is 4.52. The number of rotatable bonds is 5. The van der Waals surface area contributed by atoms with E-state index in [1.54, 1.807) is 6.92 Å². The van der Waals surface area contributed by atoms with Crippen LogP contribution in [0.15, 0.2) is 0 Å². The first-order chi connectivity index (χ1) is 7.45. The number of ether oxygens (including phenoxy) is 1. The molecule has 1 aliphatic rings. The predicted molar refractivity (Wildman–Crippen MR) is 56.0 cm³/mol. The Morgan fingerprint density at radius 3 is 2.31 bits per heavy atom. The Balaban J connectivity index is 2.43. The van der Waals surface area contributed by atoms with Crippen LogP contribution in [0.1, 0.15) is 39.0 Å². The third-order valence-corrected chi connectivity index (χ3v) is 3.17. The third kappa shape index (κ3) is 3.94. The average Bonchev–Trinajstić information content (AvgIpc) is 2.68. The van der Waals surface area contributed by atoms with Crippen LogP contribution in [-0.4, -0.2) is 24.9 Å². The molecule has 5 heteroatoms. The third-order valence-electron chi connectivity index (χ3n) is 3.17. The van der Waals surface area contributed by atoms with Crippen LogP contribution in [0, 0.1) is 5.92 Å². The van der Waals surface area contributed by atoms with Crippen molar-refractivity contribution in [2.45, 2.75) is 57.3 Å². The molecule has 0 heterocycles.